The van der Waals surface area contributed by atoms with E-state index in [0.717, 1.165) is 99.0 Å². The fourth-order valence-electron chi connectivity index (χ4n) is 9.17. The van der Waals surface area contributed by atoms with Crippen molar-refractivity contribution in [3.8, 4) is 45.1 Å². The van der Waals surface area contributed by atoms with E-state index in [1.54, 1.807) is 0 Å². The third kappa shape index (κ3) is 5.23. The summed E-state index contributed by atoms with van der Waals surface area (Å²) in [4.78, 5) is 26.4. The SMILES string of the molecule is O=c1c2c(ccc3c4c5ccccc5ccc4n(-c4nc(-c5ccc(-c6ccccc6)cc5)c5ccccc5n4)c32)c2ccccc2n1-c1ccc(-c2ccccc2)cc1. The summed E-state index contributed by atoms with van der Waals surface area (Å²) < 4.78 is 4.00. The number of pyridine rings is 1. The zero-order chi connectivity index (χ0) is 39.7. The van der Waals surface area contributed by atoms with Crippen LogP contribution in [-0.2, 0) is 0 Å². The molecule has 0 radical (unpaired) electrons. The summed E-state index contributed by atoms with van der Waals surface area (Å²) >= 11 is 0. The molecule has 0 aliphatic heterocycles. The van der Waals surface area contributed by atoms with Gasteiger partial charge in [-0.15, -0.1) is 0 Å². The van der Waals surface area contributed by atoms with Gasteiger partial charge in [-0.3, -0.25) is 13.9 Å². The molecule has 12 rings (SSSR count). The van der Waals surface area contributed by atoms with Crippen LogP contribution in [0, 0.1) is 0 Å². The minimum atomic E-state index is -0.104. The smallest absolute Gasteiger partial charge is 0.265 e. The van der Waals surface area contributed by atoms with Gasteiger partial charge >= 0.3 is 0 Å². The van der Waals surface area contributed by atoms with Gasteiger partial charge < -0.3 is 0 Å². The van der Waals surface area contributed by atoms with Crippen LogP contribution in [0.2, 0.25) is 0 Å². The summed E-state index contributed by atoms with van der Waals surface area (Å²) in [6.07, 6.45) is 0. The van der Waals surface area contributed by atoms with Crippen molar-refractivity contribution in [3.05, 3.63) is 217 Å². The highest BCUT2D eigenvalue weighted by Crippen LogP contribution is 2.41. The van der Waals surface area contributed by atoms with Gasteiger partial charge in [-0.1, -0.05) is 176 Å². The fourth-order valence-corrected chi connectivity index (χ4v) is 9.17. The van der Waals surface area contributed by atoms with Gasteiger partial charge in [0.1, 0.15) is 0 Å². The molecule has 0 fully saturated rings. The molecule has 0 unspecified atom stereocenters. The van der Waals surface area contributed by atoms with Crippen molar-refractivity contribution in [2.24, 2.45) is 0 Å². The van der Waals surface area contributed by atoms with E-state index in [0.29, 0.717) is 11.3 Å². The lowest BCUT2D eigenvalue weighted by atomic mass is 10.00. The van der Waals surface area contributed by atoms with E-state index < -0.39 is 0 Å². The fraction of sp³-hybridized carbons (Fsp3) is 0. The Kier molecular flexibility index (Phi) is 7.62. The predicted octanol–water partition coefficient (Wildman–Crippen LogP) is 13.3. The lowest BCUT2D eigenvalue weighted by Gasteiger charge is -2.16. The molecule has 280 valence electrons. The summed E-state index contributed by atoms with van der Waals surface area (Å²) in [5.74, 6) is 0.505. The molecule has 0 N–H and O–H groups in total. The number of aromatic nitrogens is 4. The second-order valence-electron chi connectivity index (χ2n) is 15.3. The second kappa shape index (κ2) is 13.5. The molecule has 0 aliphatic rings. The third-order valence-electron chi connectivity index (χ3n) is 12.0. The lowest BCUT2D eigenvalue weighted by molar-refractivity contribution is 1.01. The number of benzene rings is 9. The monoisotopic (exact) mass is 766 g/mol. The van der Waals surface area contributed by atoms with Crippen LogP contribution in [0.4, 0.5) is 0 Å². The van der Waals surface area contributed by atoms with Gasteiger partial charge in [-0.2, -0.15) is 0 Å². The summed E-state index contributed by atoms with van der Waals surface area (Å²) in [6.45, 7) is 0. The Hall–Kier alpha value is -8.15. The quantitative estimate of drug-likeness (QED) is 0.164. The average Bonchev–Trinajstić information content (AvgIpc) is 3.67. The maximum absolute atomic E-state index is 15.6. The van der Waals surface area contributed by atoms with Gasteiger partial charge in [0, 0.05) is 32.8 Å². The number of fused-ring (bicyclic) bond motifs is 10. The van der Waals surface area contributed by atoms with Crippen LogP contribution in [0.5, 0.6) is 0 Å². The standard InChI is InChI=1S/C55H34N4O/c60-54-51-44(43-19-10-12-22-48(43)58(54)41-30-27-38(28-31-41)36-15-5-2-6-16-36)32-33-46-50-42-18-8-7-17-39(42)29-34-49(50)59(53(46)51)55-56-47-21-11-9-20-45(47)52(57-55)40-25-23-37(24-26-40)35-13-3-1-4-14-35/h1-34H. The summed E-state index contributed by atoms with van der Waals surface area (Å²) in [7, 11) is 0. The first-order valence-electron chi connectivity index (χ1n) is 20.2. The van der Waals surface area contributed by atoms with Crippen LogP contribution in [0.15, 0.2) is 211 Å². The van der Waals surface area contributed by atoms with Crippen molar-refractivity contribution in [1.82, 2.24) is 19.1 Å². The highest BCUT2D eigenvalue weighted by atomic mass is 16.1. The second-order valence-corrected chi connectivity index (χ2v) is 15.3. The maximum Gasteiger partial charge on any atom is 0.265 e. The molecule has 9 aromatic carbocycles. The zero-order valence-electron chi connectivity index (χ0n) is 32.3. The minimum absolute atomic E-state index is 0.104. The summed E-state index contributed by atoms with van der Waals surface area (Å²) in [6, 6.07) is 71.0. The van der Waals surface area contributed by atoms with Gasteiger partial charge in [-0.25, -0.2) is 9.97 Å². The molecule has 0 saturated heterocycles. The molecule has 3 aromatic heterocycles. The van der Waals surface area contributed by atoms with Crippen LogP contribution in [-0.4, -0.2) is 19.1 Å². The number of para-hydroxylation sites is 2. The van der Waals surface area contributed by atoms with Crippen LogP contribution in [0.3, 0.4) is 0 Å². The molecule has 0 bridgehead atoms. The van der Waals surface area contributed by atoms with Crippen molar-refractivity contribution >= 4 is 65.2 Å². The lowest BCUT2D eigenvalue weighted by Crippen LogP contribution is -2.20. The Labute approximate surface area is 344 Å². The molecule has 12 aromatic rings. The van der Waals surface area contributed by atoms with Gasteiger partial charge in [0.2, 0.25) is 5.95 Å². The van der Waals surface area contributed by atoms with Gasteiger partial charge in [0.25, 0.3) is 5.56 Å². The first kappa shape index (κ1) is 33.9. The molecule has 5 nitrogen and oxygen atoms in total. The largest absolute Gasteiger partial charge is 0.277 e. The minimum Gasteiger partial charge on any atom is -0.277 e. The Morgan fingerprint density at radius 3 is 1.65 bits per heavy atom. The molecule has 0 saturated carbocycles. The van der Waals surface area contributed by atoms with Crippen molar-refractivity contribution in [2.45, 2.75) is 0 Å². The van der Waals surface area contributed by atoms with Crippen LogP contribution in [0.25, 0.3) is 110 Å². The summed E-state index contributed by atoms with van der Waals surface area (Å²) in [5.41, 5.74) is 10.4. The molecule has 0 aliphatic carbocycles. The van der Waals surface area contributed by atoms with Gasteiger partial charge in [0.05, 0.1) is 33.1 Å². The Bertz CT molecular complexity index is 3700. The topological polar surface area (TPSA) is 52.7 Å². The maximum atomic E-state index is 15.6. The number of rotatable bonds is 5. The van der Waals surface area contributed by atoms with Crippen molar-refractivity contribution in [3.63, 3.8) is 0 Å². The Morgan fingerprint density at radius 1 is 0.350 bits per heavy atom. The van der Waals surface area contributed by atoms with Gasteiger partial charge in [0.15, 0.2) is 0 Å². The molecule has 60 heavy (non-hydrogen) atoms. The molecule has 5 heteroatoms. The number of nitrogens with zero attached hydrogens (tertiary/aromatic N) is 4. The molecule has 0 amide bonds. The highest BCUT2D eigenvalue weighted by molar-refractivity contribution is 6.27. The molecule has 0 atom stereocenters. The summed E-state index contributed by atoms with van der Waals surface area (Å²) in [5, 5.41) is 7.69. The van der Waals surface area contributed by atoms with E-state index in [2.05, 4.69) is 138 Å². The normalized spacial score (nSPS) is 11.7. The first-order valence-corrected chi connectivity index (χ1v) is 20.2. The van der Waals surface area contributed by atoms with Crippen molar-refractivity contribution < 1.29 is 0 Å². The zero-order valence-corrected chi connectivity index (χ0v) is 32.3. The predicted molar refractivity (Wildman–Crippen MR) is 248 cm³/mol. The van der Waals surface area contributed by atoms with Crippen molar-refractivity contribution in [1.29, 1.82) is 0 Å². The van der Waals surface area contributed by atoms with Crippen molar-refractivity contribution in [2.75, 3.05) is 0 Å². The van der Waals surface area contributed by atoms with Crippen LogP contribution in [0.1, 0.15) is 0 Å². The van der Waals surface area contributed by atoms with E-state index in [1.807, 2.05) is 77.4 Å². The molecule has 3 heterocycles. The number of hydrogen-bond donors (Lipinski definition) is 0. The van der Waals surface area contributed by atoms with E-state index >= 15 is 4.79 Å². The van der Waals surface area contributed by atoms with Crippen LogP contribution < -0.4 is 5.56 Å². The van der Waals surface area contributed by atoms with E-state index in [9.17, 15) is 0 Å². The van der Waals surface area contributed by atoms with Crippen LogP contribution >= 0.6 is 0 Å². The molecular weight excluding hydrogens is 733 g/mol. The number of hydrogen-bond acceptors (Lipinski definition) is 3. The first-order chi connectivity index (χ1) is 29.7. The van der Waals surface area contributed by atoms with Gasteiger partial charge in [-0.05, 0) is 68.7 Å². The molecule has 0 spiro atoms. The molecular formula is C55H34N4O. The third-order valence-corrected chi connectivity index (χ3v) is 12.0. The highest BCUT2D eigenvalue weighted by Gasteiger charge is 2.24. The average molecular weight is 767 g/mol. The Balaban J connectivity index is 1.18. The van der Waals surface area contributed by atoms with E-state index in [-0.39, 0.29) is 5.56 Å². The van der Waals surface area contributed by atoms with E-state index in [4.69, 9.17) is 9.97 Å². The van der Waals surface area contributed by atoms with E-state index in [1.165, 1.54) is 0 Å². The Morgan fingerprint density at radius 2 is 0.917 bits per heavy atom.